The van der Waals surface area contributed by atoms with Crippen LogP contribution in [0.5, 0.6) is 0 Å². The Morgan fingerprint density at radius 3 is 2.42 bits per heavy atom. The molecule has 0 bridgehead atoms. The zero-order valence-corrected chi connectivity index (χ0v) is 16.5. The predicted molar refractivity (Wildman–Crippen MR) is 100 cm³/mol. The second-order valence-corrected chi connectivity index (χ2v) is 8.02. The Morgan fingerprint density at radius 2 is 1.88 bits per heavy atom. The van der Waals surface area contributed by atoms with Crippen LogP contribution in [0.25, 0.3) is 0 Å². The highest BCUT2D eigenvalue weighted by molar-refractivity contribution is 5.25. The Bertz CT molecular complexity index is 694. The van der Waals surface area contributed by atoms with E-state index in [-0.39, 0.29) is 5.54 Å². The van der Waals surface area contributed by atoms with Crippen molar-refractivity contribution in [3.05, 3.63) is 46.5 Å². The highest BCUT2D eigenvalue weighted by Gasteiger charge is 2.22. The predicted octanol–water partition coefficient (Wildman–Crippen LogP) is 4.02. The lowest BCUT2D eigenvalue weighted by atomic mass is 10.1. The Hall–Kier alpha value is -1.68. The third kappa shape index (κ3) is 4.23. The highest BCUT2D eigenvalue weighted by Crippen LogP contribution is 2.23. The maximum atomic E-state index is 4.77. The fraction of sp³-hybridized carbons (Fsp3) is 0.600. The summed E-state index contributed by atoms with van der Waals surface area (Å²) in [7, 11) is 2.19. The minimum absolute atomic E-state index is 0.0166. The third-order valence-corrected chi connectivity index (χ3v) is 4.71. The number of hydrogen-bond acceptors (Lipinski definition) is 3. The summed E-state index contributed by atoms with van der Waals surface area (Å²) in [6.07, 6.45) is 2.86. The standard InChI is InChI=1S/C20H32N4/c1-14-9-10-21-18(11-14)12-15(2)23(8)13-19-16(3)22-24(17(19)4)20(5,6)7/h9-11,15H,12-13H2,1-8H3. The lowest BCUT2D eigenvalue weighted by molar-refractivity contribution is 0.245. The minimum atomic E-state index is 0.0166. The van der Waals surface area contributed by atoms with Crippen molar-refractivity contribution in [3.63, 3.8) is 0 Å². The van der Waals surface area contributed by atoms with Gasteiger partial charge in [0.1, 0.15) is 0 Å². The van der Waals surface area contributed by atoms with Gasteiger partial charge in [-0.25, -0.2) is 0 Å². The van der Waals surface area contributed by atoms with Gasteiger partial charge in [-0.05, 0) is 73.2 Å². The Morgan fingerprint density at radius 1 is 1.21 bits per heavy atom. The fourth-order valence-corrected chi connectivity index (χ4v) is 3.13. The van der Waals surface area contributed by atoms with Crippen molar-refractivity contribution < 1.29 is 0 Å². The van der Waals surface area contributed by atoms with Crippen LogP contribution >= 0.6 is 0 Å². The van der Waals surface area contributed by atoms with E-state index >= 15 is 0 Å². The first-order chi connectivity index (χ1) is 11.1. The molecule has 0 fully saturated rings. The van der Waals surface area contributed by atoms with Crippen molar-refractivity contribution in [1.82, 2.24) is 19.7 Å². The summed E-state index contributed by atoms with van der Waals surface area (Å²) in [6, 6.07) is 4.65. The number of nitrogens with zero attached hydrogens (tertiary/aromatic N) is 4. The average molecular weight is 329 g/mol. The molecule has 2 heterocycles. The smallest absolute Gasteiger partial charge is 0.0641 e. The van der Waals surface area contributed by atoms with Gasteiger partial charge in [0.05, 0.1) is 11.2 Å². The van der Waals surface area contributed by atoms with Gasteiger partial charge in [0, 0.05) is 42.2 Å². The van der Waals surface area contributed by atoms with Gasteiger partial charge < -0.3 is 0 Å². The molecule has 2 aromatic rings. The molecular weight excluding hydrogens is 296 g/mol. The molecule has 0 saturated carbocycles. The summed E-state index contributed by atoms with van der Waals surface area (Å²) >= 11 is 0. The fourth-order valence-electron chi connectivity index (χ4n) is 3.13. The lowest BCUT2D eigenvalue weighted by Gasteiger charge is -2.25. The van der Waals surface area contributed by atoms with Crippen molar-refractivity contribution >= 4 is 0 Å². The second-order valence-electron chi connectivity index (χ2n) is 8.02. The molecule has 0 aromatic carbocycles. The molecule has 0 N–H and O–H groups in total. The van der Waals surface area contributed by atoms with Gasteiger partial charge in [-0.3, -0.25) is 14.6 Å². The number of aromatic nitrogens is 3. The van der Waals surface area contributed by atoms with Crippen molar-refractivity contribution in [3.8, 4) is 0 Å². The van der Waals surface area contributed by atoms with E-state index in [1.54, 1.807) is 0 Å². The second kappa shape index (κ2) is 7.06. The molecule has 0 saturated heterocycles. The first-order valence-electron chi connectivity index (χ1n) is 8.77. The Balaban J connectivity index is 2.12. The van der Waals surface area contributed by atoms with Gasteiger partial charge in [-0.1, -0.05) is 0 Å². The van der Waals surface area contributed by atoms with Gasteiger partial charge >= 0.3 is 0 Å². The van der Waals surface area contributed by atoms with Crippen LogP contribution < -0.4 is 0 Å². The molecule has 1 unspecified atom stereocenters. The molecule has 0 aliphatic heterocycles. The maximum Gasteiger partial charge on any atom is 0.0641 e. The van der Waals surface area contributed by atoms with Crippen molar-refractivity contribution in [2.75, 3.05) is 7.05 Å². The van der Waals surface area contributed by atoms with Crippen LogP contribution in [0.2, 0.25) is 0 Å². The molecule has 0 aliphatic carbocycles. The van der Waals surface area contributed by atoms with Crippen LogP contribution in [-0.4, -0.2) is 32.8 Å². The van der Waals surface area contributed by atoms with Crippen molar-refractivity contribution in [2.24, 2.45) is 0 Å². The Labute approximate surface area is 146 Å². The SMILES string of the molecule is Cc1ccnc(CC(C)N(C)Cc2c(C)nn(C(C)(C)C)c2C)c1. The van der Waals surface area contributed by atoms with E-state index < -0.39 is 0 Å². The molecule has 4 heteroatoms. The van der Waals surface area contributed by atoms with Crippen LogP contribution in [-0.2, 0) is 18.5 Å². The van der Waals surface area contributed by atoms with E-state index in [0.29, 0.717) is 6.04 Å². The summed E-state index contributed by atoms with van der Waals surface area (Å²) in [4.78, 5) is 6.89. The highest BCUT2D eigenvalue weighted by atomic mass is 15.3. The molecule has 0 aliphatic rings. The van der Waals surface area contributed by atoms with Gasteiger partial charge in [0.25, 0.3) is 0 Å². The minimum Gasteiger partial charge on any atom is -0.299 e. The summed E-state index contributed by atoms with van der Waals surface area (Å²) in [5, 5.41) is 4.77. The zero-order valence-electron chi connectivity index (χ0n) is 16.5. The third-order valence-electron chi connectivity index (χ3n) is 4.71. The molecule has 2 aromatic heterocycles. The molecule has 24 heavy (non-hydrogen) atoms. The molecule has 132 valence electrons. The largest absolute Gasteiger partial charge is 0.299 e. The summed E-state index contributed by atoms with van der Waals surface area (Å²) in [5.41, 5.74) is 6.20. The summed E-state index contributed by atoms with van der Waals surface area (Å²) in [6.45, 7) is 16.2. The van der Waals surface area contributed by atoms with Crippen LogP contribution in [0.4, 0.5) is 0 Å². The average Bonchev–Trinajstić information content (AvgIpc) is 2.75. The van der Waals surface area contributed by atoms with E-state index in [1.165, 1.54) is 16.8 Å². The number of aryl methyl sites for hydroxylation is 2. The quantitative estimate of drug-likeness (QED) is 0.831. The van der Waals surface area contributed by atoms with E-state index in [4.69, 9.17) is 5.10 Å². The molecule has 0 spiro atoms. The maximum absolute atomic E-state index is 4.77. The van der Waals surface area contributed by atoms with Gasteiger partial charge in [-0.15, -0.1) is 0 Å². The Kier molecular flexibility index (Phi) is 5.49. The van der Waals surface area contributed by atoms with Gasteiger partial charge in [0.15, 0.2) is 0 Å². The van der Waals surface area contributed by atoms with Crippen molar-refractivity contribution in [2.45, 2.75) is 73.0 Å². The summed E-state index contributed by atoms with van der Waals surface area (Å²) in [5.74, 6) is 0. The molecule has 2 rings (SSSR count). The topological polar surface area (TPSA) is 34.0 Å². The zero-order chi connectivity index (χ0) is 18.1. The van der Waals surface area contributed by atoms with Crippen LogP contribution in [0.3, 0.4) is 0 Å². The lowest BCUT2D eigenvalue weighted by Crippen LogP contribution is -2.31. The number of rotatable bonds is 5. The van der Waals surface area contributed by atoms with E-state index in [1.807, 2.05) is 12.3 Å². The molecule has 1 atom stereocenters. The van der Waals surface area contributed by atoms with Crippen LogP contribution in [0.1, 0.15) is 55.9 Å². The molecule has 4 nitrogen and oxygen atoms in total. The summed E-state index contributed by atoms with van der Waals surface area (Å²) < 4.78 is 2.15. The first kappa shape index (κ1) is 18.7. The van der Waals surface area contributed by atoms with Gasteiger partial charge in [-0.2, -0.15) is 5.10 Å². The number of likely N-dealkylation sites (N-methyl/N-ethyl adjacent to an activating group) is 1. The normalized spacial score (nSPS) is 13.5. The van der Waals surface area contributed by atoms with E-state index in [2.05, 4.69) is 76.1 Å². The molecular formula is C20H32N4. The van der Waals surface area contributed by atoms with Crippen molar-refractivity contribution in [1.29, 1.82) is 0 Å². The molecule has 0 radical (unpaired) electrons. The first-order valence-corrected chi connectivity index (χ1v) is 8.77. The van der Waals surface area contributed by atoms with Crippen LogP contribution in [0, 0.1) is 20.8 Å². The number of pyridine rings is 1. The van der Waals surface area contributed by atoms with Crippen LogP contribution in [0.15, 0.2) is 18.3 Å². The van der Waals surface area contributed by atoms with E-state index in [9.17, 15) is 0 Å². The van der Waals surface area contributed by atoms with E-state index in [0.717, 1.165) is 24.4 Å². The van der Waals surface area contributed by atoms with Gasteiger partial charge in [0.2, 0.25) is 0 Å². The molecule has 0 amide bonds. The number of hydrogen-bond donors (Lipinski definition) is 0. The monoisotopic (exact) mass is 328 g/mol.